The first-order chi connectivity index (χ1) is 9.28. The third-order valence-electron chi connectivity index (χ3n) is 2.86. The van der Waals surface area contributed by atoms with Crippen LogP contribution in [0.5, 0.6) is 0 Å². The quantitative estimate of drug-likeness (QED) is 0.847. The third-order valence-corrected chi connectivity index (χ3v) is 3.59. The lowest BCUT2D eigenvalue weighted by Crippen LogP contribution is -2.39. The number of aliphatic hydroxyl groups excluding tert-OH is 1. The smallest absolute Gasteiger partial charge is 0.224 e. The summed E-state index contributed by atoms with van der Waals surface area (Å²) >= 11 is 1.58. The van der Waals surface area contributed by atoms with Gasteiger partial charge in [0.2, 0.25) is 5.91 Å². The second-order valence-electron chi connectivity index (χ2n) is 4.45. The number of carbonyl (C=O) groups excluding carboxylic acids is 1. The van der Waals surface area contributed by atoms with E-state index >= 15 is 0 Å². The number of hydrogen-bond acceptors (Lipinski definition) is 3. The number of carbonyl (C=O) groups is 1. The number of amides is 1. The molecule has 0 saturated carbocycles. The fourth-order valence-electron chi connectivity index (χ4n) is 1.92. The van der Waals surface area contributed by atoms with Gasteiger partial charge in [0.05, 0.1) is 19.1 Å². The van der Waals surface area contributed by atoms with Crippen molar-refractivity contribution in [2.75, 3.05) is 6.61 Å². The summed E-state index contributed by atoms with van der Waals surface area (Å²) in [5.74, 6) is -0.0478. The van der Waals surface area contributed by atoms with E-state index in [0.717, 1.165) is 11.1 Å². The van der Waals surface area contributed by atoms with Crippen LogP contribution < -0.4 is 5.32 Å². The van der Waals surface area contributed by atoms with Gasteiger partial charge in [0.1, 0.15) is 0 Å². The molecule has 0 saturated heterocycles. The van der Waals surface area contributed by atoms with E-state index in [0.29, 0.717) is 12.8 Å². The van der Waals surface area contributed by atoms with Gasteiger partial charge in [-0.3, -0.25) is 4.79 Å². The van der Waals surface area contributed by atoms with Crippen LogP contribution in [0.15, 0.2) is 47.2 Å². The maximum Gasteiger partial charge on any atom is 0.224 e. The lowest BCUT2D eigenvalue weighted by atomic mass is 10.1. The molecule has 0 radical (unpaired) electrons. The standard InChI is InChI=1S/C15H17NO2S/c17-10-14(8-12-4-2-1-3-5-12)16-15(18)9-13-6-7-19-11-13/h1-7,11,14,17H,8-10H2,(H,16,18). The Balaban J connectivity index is 1.86. The Bertz CT molecular complexity index is 496. The molecule has 1 atom stereocenters. The first-order valence-electron chi connectivity index (χ1n) is 6.23. The fraction of sp³-hybridized carbons (Fsp3) is 0.267. The largest absolute Gasteiger partial charge is 0.394 e. The normalized spacial score (nSPS) is 12.1. The van der Waals surface area contributed by atoms with Gasteiger partial charge in [-0.05, 0) is 34.4 Å². The van der Waals surface area contributed by atoms with Gasteiger partial charge in [-0.15, -0.1) is 0 Å². The number of aliphatic hydroxyl groups is 1. The first-order valence-corrected chi connectivity index (χ1v) is 7.17. The molecule has 0 aliphatic carbocycles. The highest BCUT2D eigenvalue weighted by molar-refractivity contribution is 7.07. The maximum absolute atomic E-state index is 11.9. The summed E-state index contributed by atoms with van der Waals surface area (Å²) < 4.78 is 0. The molecule has 3 nitrogen and oxygen atoms in total. The highest BCUT2D eigenvalue weighted by atomic mass is 32.1. The number of nitrogens with one attached hydrogen (secondary N) is 1. The zero-order valence-electron chi connectivity index (χ0n) is 10.6. The van der Waals surface area contributed by atoms with Gasteiger partial charge in [0.15, 0.2) is 0 Å². The average molecular weight is 275 g/mol. The van der Waals surface area contributed by atoms with E-state index in [1.807, 2.05) is 47.2 Å². The van der Waals surface area contributed by atoms with Crippen molar-refractivity contribution in [3.8, 4) is 0 Å². The summed E-state index contributed by atoms with van der Waals surface area (Å²) in [6.07, 6.45) is 1.02. The molecule has 1 aromatic heterocycles. The second kappa shape index (κ2) is 7.07. The van der Waals surface area contributed by atoms with Crippen LogP contribution in [0.2, 0.25) is 0 Å². The minimum Gasteiger partial charge on any atom is -0.394 e. The van der Waals surface area contributed by atoms with E-state index in [-0.39, 0.29) is 18.6 Å². The van der Waals surface area contributed by atoms with Gasteiger partial charge in [0.25, 0.3) is 0 Å². The Morgan fingerprint density at radius 2 is 2.00 bits per heavy atom. The van der Waals surface area contributed by atoms with Crippen molar-refractivity contribution in [3.63, 3.8) is 0 Å². The summed E-state index contributed by atoms with van der Waals surface area (Å²) in [7, 11) is 0. The Kier molecular flexibility index (Phi) is 5.12. The van der Waals surface area contributed by atoms with Gasteiger partial charge in [-0.2, -0.15) is 11.3 Å². The Morgan fingerprint density at radius 3 is 2.63 bits per heavy atom. The number of benzene rings is 1. The molecule has 2 aromatic rings. The molecule has 1 amide bonds. The van der Waals surface area contributed by atoms with Crippen LogP contribution >= 0.6 is 11.3 Å². The summed E-state index contributed by atoms with van der Waals surface area (Å²) in [4.78, 5) is 11.9. The summed E-state index contributed by atoms with van der Waals surface area (Å²) in [5, 5.41) is 16.1. The summed E-state index contributed by atoms with van der Waals surface area (Å²) in [6, 6.07) is 11.6. The molecule has 1 unspecified atom stereocenters. The predicted molar refractivity (Wildman–Crippen MR) is 77.2 cm³/mol. The lowest BCUT2D eigenvalue weighted by Gasteiger charge is -2.16. The Hall–Kier alpha value is -1.65. The molecule has 0 bridgehead atoms. The van der Waals surface area contributed by atoms with Gasteiger partial charge in [0, 0.05) is 0 Å². The molecule has 4 heteroatoms. The van der Waals surface area contributed by atoms with Crippen LogP contribution in [0.3, 0.4) is 0 Å². The van der Waals surface area contributed by atoms with E-state index < -0.39 is 0 Å². The van der Waals surface area contributed by atoms with Gasteiger partial charge >= 0.3 is 0 Å². The molecule has 1 aromatic carbocycles. The van der Waals surface area contributed by atoms with Crippen LogP contribution in [-0.4, -0.2) is 23.7 Å². The Labute approximate surface area is 116 Å². The SMILES string of the molecule is O=C(Cc1ccsc1)NC(CO)Cc1ccccc1. The summed E-state index contributed by atoms with van der Waals surface area (Å²) in [5.41, 5.74) is 2.12. The maximum atomic E-state index is 11.9. The molecule has 2 N–H and O–H groups in total. The highest BCUT2D eigenvalue weighted by Crippen LogP contribution is 2.07. The lowest BCUT2D eigenvalue weighted by molar-refractivity contribution is -0.121. The molecular formula is C15H17NO2S. The minimum absolute atomic E-state index is 0.0478. The average Bonchev–Trinajstić information content (AvgIpc) is 2.92. The topological polar surface area (TPSA) is 49.3 Å². The van der Waals surface area contributed by atoms with Crippen LogP contribution in [0.25, 0.3) is 0 Å². The molecule has 19 heavy (non-hydrogen) atoms. The van der Waals surface area contributed by atoms with Crippen molar-refractivity contribution in [1.82, 2.24) is 5.32 Å². The van der Waals surface area contributed by atoms with Crippen LogP contribution in [-0.2, 0) is 17.6 Å². The first kappa shape index (κ1) is 13.8. The van der Waals surface area contributed by atoms with Gasteiger partial charge < -0.3 is 10.4 Å². The van der Waals surface area contributed by atoms with Gasteiger partial charge in [-0.1, -0.05) is 30.3 Å². The van der Waals surface area contributed by atoms with E-state index in [4.69, 9.17) is 0 Å². The third kappa shape index (κ3) is 4.50. The minimum atomic E-state index is -0.228. The van der Waals surface area contributed by atoms with Crippen molar-refractivity contribution in [3.05, 3.63) is 58.3 Å². The predicted octanol–water partition coefficient (Wildman–Crippen LogP) is 2.01. The molecule has 0 fully saturated rings. The fourth-order valence-corrected chi connectivity index (χ4v) is 2.59. The van der Waals surface area contributed by atoms with Crippen LogP contribution in [0.1, 0.15) is 11.1 Å². The molecule has 0 spiro atoms. The van der Waals surface area contributed by atoms with E-state index in [1.54, 1.807) is 11.3 Å². The molecular weight excluding hydrogens is 258 g/mol. The van der Waals surface area contributed by atoms with Crippen molar-refractivity contribution in [1.29, 1.82) is 0 Å². The van der Waals surface area contributed by atoms with Crippen LogP contribution in [0, 0.1) is 0 Å². The zero-order valence-corrected chi connectivity index (χ0v) is 11.4. The molecule has 0 aliphatic heterocycles. The van der Waals surface area contributed by atoms with Crippen molar-refractivity contribution < 1.29 is 9.90 Å². The van der Waals surface area contributed by atoms with Crippen molar-refractivity contribution >= 4 is 17.2 Å². The molecule has 1 heterocycles. The number of hydrogen-bond donors (Lipinski definition) is 2. The molecule has 2 rings (SSSR count). The Morgan fingerprint density at radius 1 is 1.21 bits per heavy atom. The van der Waals surface area contributed by atoms with Crippen LogP contribution in [0.4, 0.5) is 0 Å². The molecule has 0 aliphatic rings. The number of rotatable bonds is 6. The number of thiophene rings is 1. The highest BCUT2D eigenvalue weighted by Gasteiger charge is 2.12. The summed E-state index contributed by atoms with van der Waals surface area (Å²) in [6.45, 7) is -0.0513. The van der Waals surface area contributed by atoms with Crippen molar-refractivity contribution in [2.45, 2.75) is 18.9 Å². The monoisotopic (exact) mass is 275 g/mol. The van der Waals surface area contributed by atoms with Gasteiger partial charge in [-0.25, -0.2) is 0 Å². The van der Waals surface area contributed by atoms with E-state index in [2.05, 4.69) is 5.32 Å². The second-order valence-corrected chi connectivity index (χ2v) is 5.23. The van der Waals surface area contributed by atoms with Crippen molar-refractivity contribution in [2.24, 2.45) is 0 Å². The van der Waals surface area contributed by atoms with E-state index in [9.17, 15) is 9.90 Å². The van der Waals surface area contributed by atoms with E-state index in [1.165, 1.54) is 0 Å². The molecule has 100 valence electrons. The zero-order chi connectivity index (χ0) is 13.5.